The van der Waals surface area contributed by atoms with Crippen molar-refractivity contribution in [1.29, 1.82) is 0 Å². The number of aryl methyl sites for hydroxylation is 1. The Bertz CT molecular complexity index is 479. The highest BCUT2D eigenvalue weighted by Gasteiger charge is 2.06. The highest BCUT2D eigenvalue weighted by molar-refractivity contribution is 6.33. The molecule has 1 nitrogen and oxygen atoms in total. The van der Waals surface area contributed by atoms with Crippen molar-refractivity contribution in [3.8, 4) is 11.3 Å². The van der Waals surface area contributed by atoms with Crippen LogP contribution in [0.4, 0.5) is 4.39 Å². The van der Waals surface area contributed by atoms with E-state index in [4.69, 9.17) is 11.6 Å². The zero-order valence-corrected chi connectivity index (χ0v) is 8.92. The van der Waals surface area contributed by atoms with Gasteiger partial charge in [-0.25, -0.2) is 4.39 Å². The van der Waals surface area contributed by atoms with Crippen molar-refractivity contribution in [3.05, 3.63) is 52.9 Å². The minimum atomic E-state index is -0.262. The van der Waals surface area contributed by atoms with Crippen molar-refractivity contribution in [2.24, 2.45) is 0 Å². The van der Waals surface area contributed by atoms with Crippen molar-refractivity contribution in [2.75, 3.05) is 0 Å². The summed E-state index contributed by atoms with van der Waals surface area (Å²) in [6.45, 7) is 1.91. The van der Waals surface area contributed by atoms with Crippen LogP contribution in [0.15, 0.2) is 36.5 Å². The molecule has 0 amide bonds. The number of benzene rings is 1. The summed E-state index contributed by atoms with van der Waals surface area (Å²) in [6.07, 6.45) is 1.69. The molecule has 0 aliphatic carbocycles. The lowest BCUT2D eigenvalue weighted by molar-refractivity contribution is 0.628. The molecule has 2 rings (SSSR count). The van der Waals surface area contributed by atoms with E-state index in [1.54, 1.807) is 18.3 Å². The first-order chi connectivity index (χ1) is 7.18. The molecule has 0 saturated heterocycles. The summed E-state index contributed by atoms with van der Waals surface area (Å²) in [5.74, 6) is -0.262. The van der Waals surface area contributed by atoms with Gasteiger partial charge in [0, 0.05) is 11.8 Å². The fraction of sp³-hybridized carbons (Fsp3) is 0.0833. The van der Waals surface area contributed by atoms with Crippen LogP contribution >= 0.6 is 11.6 Å². The van der Waals surface area contributed by atoms with Gasteiger partial charge in [0.1, 0.15) is 5.82 Å². The fourth-order valence-corrected chi connectivity index (χ4v) is 1.57. The molecule has 0 saturated carbocycles. The molecular formula is C12H9ClFN. The van der Waals surface area contributed by atoms with Crippen molar-refractivity contribution < 1.29 is 4.39 Å². The number of hydrogen-bond donors (Lipinski definition) is 0. The van der Waals surface area contributed by atoms with Gasteiger partial charge in [-0.1, -0.05) is 11.6 Å². The highest BCUT2D eigenvalue weighted by atomic mass is 35.5. The second kappa shape index (κ2) is 3.99. The Morgan fingerprint density at radius 2 is 1.80 bits per heavy atom. The number of rotatable bonds is 1. The molecule has 0 radical (unpaired) electrons. The Kier molecular flexibility index (Phi) is 2.69. The summed E-state index contributed by atoms with van der Waals surface area (Å²) in [4.78, 5) is 4.18. The van der Waals surface area contributed by atoms with Gasteiger partial charge in [0.2, 0.25) is 0 Å². The molecule has 1 aromatic carbocycles. The maximum Gasteiger partial charge on any atom is 0.123 e. The van der Waals surface area contributed by atoms with Crippen molar-refractivity contribution in [1.82, 2.24) is 4.98 Å². The molecule has 0 fully saturated rings. The standard InChI is InChI=1S/C12H9ClFN/c1-8-6-7-15-12(11(8)13)9-2-4-10(14)5-3-9/h2-7H,1H3. The molecule has 2 aromatic rings. The third kappa shape index (κ3) is 2.00. The maximum atomic E-state index is 12.7. The minimum absolute atomic E-state index is 0.262. The molecule has 0 bridgehead atoms. The smallest absolute Gasteiger partial charge is 0.123 e. The third-order valence-electron chi connectivity index (χ3n) is 2.20. The quantitative estimate of drug-likeness (QED) is 0.713. The van der Waals surface area contributed by atoms with E-state index >= 15 is 0 Å². The number of pyridine rings is 1. The molecule has 76 valence electrons. The largest absolute Gasteiger partial charge is 0.255 e. The predicted octanol–water partition coefficient (Wildman–Crippen LogP) is 3.85. The Morgan fingerprint density at radius 3 is 2.47 bits per heavy atom. The lowest BCUT2D eigenvalue weighted by Gasteiger charge is -2.05. The summed E-state index contributed by atoms with van der Waals surface area (Å²) in [5.41, 5.74) is 2.48. The van der Waals surface area contributed by atoms with Crippen LogP contribution in [0.3, 0.4) is 0 Å². The van der Waals surface area contributed by atoms with Crippen LogP contribution in [0, 0.1) is 12.7 Å². The van der Waals surface area contributed by atoms with E-state index in [9.17, 15) is 4.39 Å². The van der Waals surface area contributed by atoms with Crippen molar-refractivity contribution >= 4 is 11.6 Å². The Labute approximate surface area is 92.5 Å². The molecule has 0 aliphatic heterocycles. The second-order valence-electron chi connectivity index (χ2n) is 3.30. The van der Waals surface area contributed by atoms with Crippen molar-refractivity contribution in [3.63, 3.8) is 0 Å². The van der Waals surface area contributed by atoms with Crippen molar-refractivity contribution in [2.45, 2.75) is 6.92 Å². The van der Waals surface area contributed by atoms with Crippen LogP contribution in [0.2, 0.25) is 5.02 Å². The Hall–Kier alpha value is -1.41. The van der Waals surface area contributed by atoms with E-state index in [-0.39, 0.29) is 5.82 Å². The first kappa shape index (κ1) is 10.1. The zero-order valence-electron chi connectivity index (χ0n) is 8.17. The molecule has 0 atom stereocenters. The van der Waals surface area contributed by atoms with E-state index in [1.807, 2.05) is 13.0 Å². The van der Waals surface area contributed by atoms with Gasteiger partial charge in [0.25, 0.3) is 0 Å². The van der Waals surface area contributed by atoms with Gasteiger partial charge in [0.15, 0.2) is 0 Å². The first-order valence-corrected chi connectivity index (χ1v) is 4.93. The maximum absolute atomic E-state index is 12.7. The second-order valence-corrected chi connectivity index (χ2v) is 3.68. The first-order valence-electron chi connectivity index (χ1n) is 4.55. The normalized spacial score (nSPS) is 10.3. The molecule has 0 spiro atoms. The molecule has 1 heterocycles. The fourth-order valence-electron chi connectivity index (χ4n) is 1.35. The van der Waals surface area contributed by atoms with Crippen LogP contribution in [0.1, 0.15) is 5.56 Å². The molecule has 1 aromatic heterocycles. The number of hydrogen-bond acceptors (Lipinski definition) is 1. The molecule has 15 heavy (non-hydrogen) atoms. The van der Waals surface area contributed by atoms with E-state index < -0.39 is 0 Å². The van der Waals surface area contributed by atoms with Crippen LogP contribution in [0.25, 0.3) is 11.3 Å². The molecular weight excluding hydrogens is 213 g/mol. The summed E-state index contributed by atoms with van der Waals surface area (Å²) in [7, 11) is 0. The highest BCUT2D eigenvalue weighted by Crippen LogP contribution is 2.27. The van der Waals surface area contributed by atoms with Crippen LogP contribution in [0.5, 0.6) is 0 Å². The average Bonchev–Trinajstić information content (AvgIpc) is 2.24. The Balaban J connectivity index is 2.54. The zero-order chi connectivity index (χ0) is 10.8. The molecule has 0 N–H and O–H groups in total. The van der Waals surface area contributed by atoms with E-state index in [0.29, 0.717) is 10.7 Å². The van der Waals surface area contributed by atoms with Gasteiger partial charge in [0.05, 0.1) is 10.7 Å². The van der Waals surface area contributed by atoms with E-state index in [0.717, 1.165) is 11.1 Å². The van der Waals surface area contributed by atoms with Crippen LogP contribution in [-0.4, -0.2) is 4.98 Å². The van der Waals surface area contributed by atoms with Crippen LogP contribution < -0.4 is 0 Å². The number of nitrogens with zero attached hydrogens (tertiary/aromatic N) is 1. The van der Waals surface area contributed by atoms with Gasteiger partial charge in [-0.2, -0.15) is 0 Å². The minimum Gasteiger partial charge on any atom is -0.255 e. The third-order valence-corrected chi connectivity index (χ3v) is 2.68. The summed E-state index contributed by atoms with van der Waals surface area (Å²) < 4.78 is 12.7. The predicted molar refractivity (Wildman–Crippen MR) is 59.4 cm³/mol. The average molecular weight is 222 g/mol. The lowest BCUT2D eigenvalue weighted by atomic mass is 10.1. The summed E-state index contributed by atoms with van der Waals surface area (Å²) >= 11 is 6.11. The number of halogens is 2. The SMILES string of the molecule is Cc1ccnc(-c2ccc(F)cc2)c1Cl. The van der Waals surface area contributed by atoms with E-state index in [2.05, 4.69) is 4.98 Å². The topological polar surface area (TPSA) is 12.9 Å². The van der Waals surface area contributed by atoms with E-state index in [1.165, 1.54) is 12.1 Å². The number of aromatic nitrogens is 1. The monoisotopic (exact) mass is 221 g/mol. The van der Waals surface area contributed by atoms with Gasteiger partial charge in [-0.3, -0.25) is 4.98 Å². The molecule has 0 unspecified atom stereocenters. The summed E-state index contributed by atoms with van der Waals surface area (Å²) in [5, 5.41) is 0.615. The van der Waals surface area contributed by atoms with Crippen LogP contribution in [-0.2, 0) is 0 Å². The Morgan fingerprint density at radius 1 is 1.13 bits per heavy atom. The van der Waals surface area contributed by atoms with Gasteiger partial charge in [-0.05, 0) is 42.8 Å². The van der Waals surface area contributed by atoms with Gasteiger partial charge in [-0.15, -0.1) is 0 Å². The summed E-state index contributed by atoms with van der Waals surface area (Å²) in [6, 6.07) is 7.98. The van der Waals surface area contributed by atoms with Gasteiger partial charge >= 0.3 is 0 Å². The molecule has 3 heteroatoms. The van der Waals surface area contributed by atoms with Gasteiger partial charge < -0.3 is 0 Å². The lowest BCUT2D eigenvalue weighted by Crippen LogP contribution is -1.87. The molecule has 0 aliphatic rings.